The number of hydrogen-bond donors (Lipinski definition) is 3. The van der Waals surface area contributed by atoms with E-state index in [0.29, 0.717) is 46.6 Å². The van der Waals surface area contributed by atoms with Crippen molar-refractivity contribution in [2.75, 3.05) is 25.6 Å². The first-order valence-corrected chi connectivity index (χ1v) is 14.8. The summed E-state index contributed by atoms with van der Waals surface area (Å²) in [4.78, 5) is 37.6. The zero-order valence-electron chi connectivity index (χ0n) is 25.1. The number of aliphatic hydroxyl groups excluding tert-OH is 1. The van der Waals surface area contributed by atoms with E-state index in [2.05, 4.69) is 10.6 Å². The summed E-state index contributed by atoms with van der Waals surface area (Å²) in [5.74, 6) is -0.937. The molecule has 0 bridgehead atoms. The molecule has 1 saturated heterocycles. The van der Waals surface area contributed by atoms with Crippen LogP contribution < -0.4 is 26.6 Å². The third-order valence-electron chi connectivity index (χ3n) is 7.78. The van der Waals surface area contributed by atoms with E-state index < -0.39 is 29.1 Å². The van der Waals surface area contributed by atoms with Gasteiger partial charge < -0.3 is 29.8 Å². The van der Waals surface area contributed by atoms with Gasteiger partial charge in [-0.3, -0.25) is 14.2 Å². The summed E-state index contributed by atoms with van der Waals surface area (Å²) >= 11 is 13.7. The summed E-state index contributed by atoms with van der Waals surface area (Å²) in [7, 11) is 4.17. The molecule has 1 amide bonds. The molecule has 5 rings (SSSR count). The summed E-state index contributed by atoms with van der Waals surface area (Å²) < 4.78 is 28.3. The SMILES string of the molecule is COc1cc(-c2cccc(-c3cccc(NC(=O)c4cn(C)c(=O)n(C)c4=O)c3Cl)c2Cl)cc(F)c1CN[C@@H]1CCOC[C@@H]1O.Cl. The molecule has 0 saturated carbocycles. The molecule has 14 heteroatoms. The van der Waals surface area contributed by atoms with Crippen molar-refractivity contribution in [2.24, 2.45) is 14.1 Å². The fourth-order valence-corrected chi connectivity index (χ4v) is 5.88. The number of carbonyl (C=O) groups excluding carboxylic acids is 1. The molecule has 0 unspecified atom stereocenters. The first-order chi connectivity index (χ1) is 21.5. The van der Waals surface area contributed by atoms with Gasteiger partial charge in [-0.05, 0) is 30.2 Å². The molecule has 0 spiro atoms. The minimum absolute atomic E-state index is 0. The number of hydrogen-bond acceptors (Lipinski definition) is 7. The zero-order chi connectivity index (χ0) is 32.4. The van der Waals surface area contributed by atoms with Crippen LogP contribution in [-0.2, 0) is 25.4 Å². The van der Waals surface area contributed by atoms with E-state index in [1.165, 1.54) is 33.5 Å². The quantitative estimate of drug-likeness (QED) is 0.243. The van der Waals surface area contributed by atoms with Gasteiger partial charge in [-0.15, -0.1) is 12.4 Å². The van der Waals surface area contributed by atoms with E-state index >= 15 is 4.39 Å². The van der Waals surface area contributed by atoms with Gasteiger partial charge in [0.25, 0.3) is 11.5 Å². The third kappa shape index (κ3) is 7.00. The number of carbonyl (C=O) groups is 1. The van der Waals surface area contributed by atoms with Gasteiger partial charge in [-0.25, -0.2) is 9.18 Å². The van der Waals surface area contributed by atoms with Gasteiger partial charge in [0.15, 0.2) is 0 Å². The van der Waals surface area contributed by atoms with Crippen molar-refractivity contribution in [1.29, 1.82) is 0 Å². The van der Waals surface area contributed by atoms with Crippen molar-refractivity contribution in [3.05, 3.63) is 103 Å². The van der Waals surface area contributed by atoms with E-state index in [1.807, 2.05) is 0 Å². The summed E-state index contributed by atoms with van der Waals surface area (Å²) in [6, 6.07) is 13.0. The number of amides is 1. The maximum atomic E-state index is 15.5. The van der Waals surface area contributed by atoms with Crippen LogP contribution in [0.2, 0.25) is 10.0 Å². The van der Waals surface area contributed by atoms with Crippen LogP contribution in [0.3, 0.4) is 0 Å². The van der Waals surface area contributed by atoms with Crippen LogP contribution in [0.5, 0.6) is 5.75 Å². The zero-order valence-corrected chi connectivity index (χ0v) is 27.4. The number of benzene rings is 3. The van der Waals surface area contributed by atoms with Gasteiger partial charge in [-0.1, -0.05) is 53.5 Å². The van der Waals surface area contributed by atoms with Crippen molar-refractivity contribution in [3.63, 3.8) is 0 Å². The van der Waals surface area contributed by atoms with E-state index in [4.69, 9.17) is 32.7 Å². The van der Waals surface area contributed by atoms with Crippen LogP contribution in [0, 0.1) is 5.82 Å². The molecule has 244 valence electrons. The molecule has 2 heterocycles. The smallest absolute Gasteiger partial charge is 0.330 e. The monoisotopic (exact) mass is 692 g/mol. The molecule has 3 aromatic carbocycles. The molecule has 1 aliphatic heterocycles. The third-order valence-corrected chi connectivity index (χ3v) is 8.59. The number of aryl methyl sites for hydroxylation is 1. The molecule has 1 fully saturated rings. The van der Waals surface area contributed by atoms with Gasteiger partial charge in [0.05, 0.1) is 35.6 Å². The Kier molecular flexibility index (Phi) is 11.3. The van der Waals surface area contributed by atoms with E-state index in [1.54, 1.807) is 42.5 Å². The molecular formula is C32H32Cl3FN4O6. The highest BCUT2D eigenvalue weighted by atomic mass is 35.5. The normalized spacial score (nSPS) is 16.1. The number of nitrogens with zero attached hydrogens (tertiary/aromatic N) is 2. The highest BCUT2D eigenvalue weighted by molar-refractivity contribution is 6.39. The van der Waals surface area contributed by atoms with Crippen LogP contribution in [0.1, 0.15) is 22.3 Å². The number of halogens is 4. The lowest BCUT2D eigenvalue weighted by Gasteiger charge is -2.29. The average Bonchev–Trinajstić information content (AvgIpc) is 3.02. The first-order valence-electron chi connectivity index (χ1n) is 14.0. The molecule has 4 aromatic rings. The number of methoxy groups -OCH3 is 1. The summed E-state index contributed by atoms with van der Waals surface area (Å²) in [5.41, 5.74) is 0.975. The van der Waals surface area contributed by atoms with Gasteiger partial charge in [0.2, 0.25) is 0 Å². The number of nitrogens with one attached hydrogen (secondary N) is 2. The predicted octanol–water partition coefficient (Wildman–Crippen LogP) is 4.79. The molecule has 10 nitrogen and oxygen atoms in total. The Labute approximate surface area is 280 Å². The molecule has 3 N–H and O–H groups in total. The number of aromatic nitrogens is 2. The van der Waals surface area contributed by atoms with Crippen molar-refractivity contribution >= 4 is 47.2 Å². The molecular weight excluding hydrogens is 662 g/mol. The van der Waals surface area contributed by atoms with Crippen LogP contribution >= 0.6 is 35.6 Å². The maximum absolute atomic E-state index is 15.5. The second-order valence-electron chi connectivity index (χ2n) is 10.6. The summed E-state index contributed by atoms with van der Waals surface area (Å²) in [6.07, 6.45) is 1.08. The van der Waals surface area contributed by atoms with Crippen molar-refractivity contribution in [2.45, 2.75) is 25.1 Å². The standard InChI is InChI=1S/C32H31Cl2FN4O6.ClH/c1-38-15-22(31(42)39(2)32(38)43)30(41)37-25-9-5-8-20(29(25)34)19-7-4-6-18(28(19)33)17-12-23(35)21(27(13-17)44-3)14-36-24-10-11-45-16-26(24)40;/h4-9,12-13,15,24,26,36,40H,10-11,14,16H2,1-3H3,(H,37,41);1H/t24-,26+;/m1./s1. The van der Waals surface area contributed by atoms with Crippen molar-refractivity contribution in [1.82, 2.24) is 14.5 Å². The molecule has 0 radical (unpaired) electrons. The van der Waals surface area contributed by atoms with Gasteiger partial charge in [0.1, 0.15) is 17.1 Å². The Morgan fingerprint density at radius 2 is 1.76 bits per heavy atom. The largest absolute Gasteiger partial charge is 0.496 e. The Bertz CT molecular complexity index is 1900. The number of ether oxygens (including phenoxy) is 2. The molecule has 1 aromatic heterocycles. The van der Waals surface area contributed by atoms with Gasteiger partial charge in [0, 0.05) is 61.7 Å². The second kappa shape index (κ2) is 14.8. The van der Waals surface area contributed by atoms with E-state index in [9.17, 15) is 19.5 Å². The number of rotatable bonds is 8. The molecule has 0 aliphatic carbocycles. The minimum atomic E-state index is -0.746. The van der Waals surface area contributed by atoms with E-state index in [0.717, 1.165) is 9.13 Å². The highest BCUT2D eigenvalue weighted by Gasteiger charge is 2.25. The topological polar surface area (TPSA) is 124 Å². The van der Waals surface area contributed by atoms with Crippen LogP contribution in [0.15, 0.2) is 64.3 Å². The number of aliphatic hydroxyl groups is 1. The summed E-state index contributed by atoms with van der Waals surface area (Å²) in [5, 5.41) is 16.5. The van der Waals surface area contributed by atoms with Gasteiger partial charge >= 0.3 is 5.69 Å². The average molecular weight is 694 g/mol. The highest BCUT2D eigenvalue weighted by Crippen LogP contribution is 2.42. The Morgan fingerprint density at radius 3 is 2.46 bits per heavy atom. The maximum Gasteiger partial charge on any atom is 0.330 e. The summed E-state index contributed by atoms with van der Waals surface area (Å²) in [6.45, 7) is 0.875. The molecule has 46 heavy (non-hydrogen) atoms. The van der Waals surface area contributed by atoms with Crippen molar-refractivity contribution in [3.8, 4) is 28.0 Å². The van der Waals surface area contributed by atoms with Crippen LogP contribution in [-0.4, -0.2) is 52.6 Å². The van der Waals surface area contributed by atoms with Crippen LogP contribution in [0.4, 0.5) is 10.1 Å². The minimum Gasteiger partial charge on any atom is -0.496 e. The first kappa shape index (κ1) is 35.1. The van der Waals surface area contributed by atoms with Crippen molar-refractivity contribution < 1.29 is 23.8 Å². The second-order valence-corrected chi connectivity index (χ2v) is 11.4. The lowest BCUT2D eigenvalue weighted by atomic mass is 9.97. The Morgan fingerprint density at radius 1 is 1.09 bits per heavy atom. The lowest BCUT2D eigenvalue weighted by Crippen LogP contribution is -2.46. The fraction of sp³-hybridized carbons (Fsp3) is 0.281. The molecule has 2 atom stereocenters. The Hall–Kier alpha value is -3.71. The van der Waals surface area contributed by atoms with Gasteiger partial charge in [-0.2, -0.15) is 0 Å². The lowest BCUT2D eigenvalue weighted by molar-refractivity contribution is -0.0281. The fourth-order valence-electron chi connectivity index (χ4n) is 5.27. The number of anilines is 1. The predicted molar refractivity (Wildman–Crippen MR) is 178 cm³/mol. The molecule has 1 aliphatic rings. The van der Waals surface area contributed by atoms with Crippen LogP contribution in [0.25, 0.3) is 22.3 Å². The van der Waals surface area contributed by atoms with E-state index in [-0.39, 0.29) is 52.9 Å². The Balaban J connectivity index is 0.00000480.